The van der Waals surface area contributed by atoms with Crippen molar-refractivity contribution in [2.24, 2.45) is 17.3 Å². The van der Waals surface area contributed by atoms with Crippen molar-refractivity contribution in [3.05, 3.63) is 0 Å². The summed E-state index contributed by atoms with van der Waals surface area (Å²) in [5.41, 5.74) is -0.982. The topological polar surface area (TPSA) is 66.4 Å². The molecule has 1 aliphatic rings. The number of nitrogens with one attached hydrogen (secondary N) is 1. The van der Waals surface area contributed by atoms with E-state index in [-0.39, 0.29) is 12.3 Å². The van der Waals surface area contributed by atoms with Crippen LogP contribution in [0, 0.1) is 17.3 Å². The Labute approximate surface area is 116 Å². The lowest BCUT2D eigenvalue weighted by atomic mass is 9.81. The second-order valence-corrected chi connectivity index (χ2v) is 6.46. The van der Waals surface area contributed by atoms with E-state index in [1.54, 1.807) is 13.8 Å². The van der Waals surface area contributed by atoms with Gasteiger partial charge in [-0.3, -0.25) is 9.59 Å². The number of amides is 1. The van der Waals surface area contributed by atoms with Crippen molar-refractivity contribution in [3.8, 4) is 0 Å². The number of carboxylic acids is 1. The average Bonchev–Trinajstić information content (AvgIpc) is 2.36. The van der Waals surface area contributed by atoms with Crippen molar-refractivity contribution < 1.29 is 14.7 Å². The maximum atomic E-state index is 11.8. The van der Waals surface area contributed by atoms with E-state index < -0.39 is 11.4 Å². The third-order valence-corrected chi connectivity index (χ3v) is 4.31. The molecular formula is C15H27NO3. The number of aliphatic carboxylic acids is 1. The highest BCUT2D eigenvalue weighted by atomic mass is 16.4. The van der Waals surface area contributed by atoms with E-state index in [0.29, 0.717) is 12.5 Å². The molecule has 0 spiro atoms. The van der Waals surface area contributed by atoms with Gasteiger partial charge in [-0.2, -0.15) is 0 Å². The monoisotopic (exact) mass is 269 g/mol. The highest BCUT2D eigenvalue weighted by Crippen LogP contribution is 2.30. The van der Waals surface area contributed by atoms with Crippen LogP contribution in [-0.4, -0.2) is 23.5 Å². The van der Waals surface area contributed by atoms with Gasteiger partial charge >= 0.3 is 5.97 Å². The summed E-state index contributed by atoms with van der Waals surface area (Å²) >= 11 is 0. The number of carbonyl (C=O) groups is 2. The smallest absolute Gasteiger partial charge is 0.309 e. The van der Waals surface area contributed by atoms with Crippen LogP contribution in [0.5, 0.6) is 0 Å². The van der Waals surface area contributed by atoms with Gasteiger partial charge in [0.25, 0.3) is 0 Å². The third kappa shape index (κ3) is 5.21. The lowest BCUT2D eigenvalue weighted by molar-refractivity contribution is -0.149. The molecule has 0 aromatic rings. The van der Waals surface area contributed by atoms with Crippen LogP contribution in [0.3, 0.4) is 0 Å². The number of hydrogen-bond donors (Lipinski definition) is 2. The second kappa shape index (κ2) is 6.92. The van der Waals surface area contributed by atoms with Crippen molar-refractivity contribution in [3.63, 3.8) is 0 Å². The SMILES string of the molecule is CCC1CCC(CNC(=O)CC(C)(C)C(=O)O)CC1. The highest BCUT2D eigenvalue weighted by Gasteiger charge is 2.30. The van der Waals surface area contributed by atoms with Crippen LogP contribution in [0.15, 0.2) is 0 Å². The Morgan fingerprint density at radius 2 is 1.68 bits per heavy atom. The quantitative estimate of drug-likeness (QED) is 0.779. The summed E-state index contributed by atoms with van der Waals surface area (Å²) in [4.78, 5) is 22.7. The second-order valence-electron chi connectivity index (χ2n) is 6.46. The molecule has 0 bridgehead atoms. The van der Waals surface area contributed by atoms with E-state index in [1.165, 1.54) is 32.1 Å². The fraction of sp³-hybridized carbons (Fsp3) is 0.867. The Kier molecular flexibility index (Phi) is 5.83. The van der Waals surface area contributed by atoms with Crippen LogP contribution >= 0.6 is 0 Å². The van der Waals surface area contributed by atoms with Gasteiger partial charge in [-0.15, -0.1) is 0 Å². The third-order valence-electron chi connectivity index (χ3n) is 4.31. The van der Waals surface area contributed by atoms with Crippen molar-refractivity contribution in [1.29, 1.82) is 0 Å². The zero-order chi connectivity index (χ0) is 14.5. The van der Waals surface area contributed by atoms with E-state index >= 15 is 0 Å². The minimum Gasteiger partial charge on any atom is -0.481 e. The Bertz CT molecular complexity index is 317. The van der Waals surface area contributed by atoms with Gasteiger partial charge in [0.2, 0.25) is 5.91 Å². The van der Waals surface area contributed by atoms with Crippen molar-refractivity contribution in [2.45, 2.75) is 59.3 Å². The molecule has 0 unspecified atom stereocenters. The minimum atomic E-state index is -0.982. The molecule has 1 aliphatic carbocycles. The molecule has 0 atom stereocenters. The minimum absolute atomic E-state index is 0.0483. The Morgan fingerprint density at radius 3 is 2.16 bits per heavy atom. The highest BCUT2D eigenvalue weighted by molar-refractivity contribution is 5.84. The summed E-state index contributed by atoms with van der Waals surface area (Å²) in [6, 6.07) is 0. The number of rotatable bonds is 6. The summed E-state index contributed by atoms with van der Waals surface area (Å²) in [5.74, 6) is 0.355. The Hall–Kier alpha value is -1.06. The molecule has 4 heteroatoms. The van der Waals surface area contributed by atoms with Gasteiger partial charge in [-0.25, -0.2) is 0 Å². The zero-order valence-corrected chi connectivity index (χ0v) is 12.4. The van der Waals surface area contributed by atoms with Crippen LogP contribution < -0.4 is 5.32 Å². The first-order valence-electron chi connectivity index (χ1n) is 7.35. The largest absolute Gasteiger partial charge is 0.481 e. The van der Waals surface area contributed by atoms with Gasteiger partial charge in [-0.05, 0) is 38.5 Å². The zero-order valence-electron chi connectivity index (χ0n) is 12.4. The van der Waals surface area contributed by atoms with Crippen LogP contribution in [0.2, 0.25) is 0 Å². The van der Waals surface area contributed by atoms with E-state index in [9.17, 15) is 9.59 Å². The van der Waals surface area contributed by atoms with Crippen LogP contribution in [-0.2, 0) is 9.59 Å². The van der Waals surface area contributed by atoms with Crippen molar-refractivity contribution in [2.75, 3.05) is 6.54 Å². The standard InChI is InChI=1S/C15H27NO3/c1-4-11-5-7-12(8-6-11)10-16-13(17)9-15(2,3)14(18)19/h11-12H,4-10H2,1-3H3,(H,16,17)(H,18,19). The molecule has 0 aliphatic heterocycles. The number of hydrogen-bond acceptors (Lipinski definition) is 2. The molecule has 0 aromatic carbocycles. The summed E-state index contributed by atoms with van der Waals surface area (Å²) in [7, 11) is 0. The van der Waals surface area contributed by atoms with Crippen molar-refractivity contribution in [1.82, 2.24) is 5.32 Å². The molecule has 1 amide bonds. The van der Waals surface area contributed by atoms with E-state index in [1.807, 2.05) is 0 Å². The predicted molar refractivity (Wildman–Crippen MR) is 74.8 cm³/mol. The molecule has 0 saturated heterocycles. The Balaban J connectivity index is 2.26. The van der Waals surface area contributed by atoms with E-state index in [2.05, 4.69) is 12.2 Å². The van der Waals surface area contributed by atoms with E-state index in [0.717, 1.165) is 5.92 Å². The fourth-order valence-corrected chi connectivity index (χ4v) is 2.64. The van der Waals surface area contributed by atoms with Gasteiger partial charge in [-0.1, -0.05) is 26.2 Å². The first-order valence-corrected chi connectivity index (χ1v) is 7.35. The molecule has 0 heterocycles. The first kappa shape index (κ1) is 16.0. The van der Waals surface area contributed by atoms with Gasteiger partial charge in [0, 0.05) is 13.0 Å². The average molecular weight is 269 g/mol. The molecule has 2 N–H and O–H groups in total. The predicted octanol–water partition coefficient (Wildman–Crippen LogP) is 2.82. The van der Waals surface area contributed by atoms with Gasteiger partial charge in [0.05, 0.1) is 5.41 Å². The molecule has 4 nitrogen and oxygen atoms in total. The summed E-state index contributed by atoms with van der Waals surface area (Å²) in [5, 5.41) is 11.9. The lowest BCUT2D eigenvalue weighted by Crippen LogP contribution is -2.36. The fourth-order valence-electron chi connectivity index (χ4n) is 2.64. The summed E-state index contributed by atoms with van der Waals surface area (Å²) in [6.45, 7) is 6.11. The van der Waals surface area contributed by atoms with Gasteiger partial charge < -0.3 is 10.4 Å². The van der Waals surface area contributed by atoms with Crippen LogP contribution in [0.1, 0.15) is 59.3 Å². The molecule has 0 aromatic heterocycles. The molecular weight excluding hydrogens is 242 g/mol. The van der Waals surface area contributed by atoms with Crippen molar-refractivity contribution >= 4 is 11.9 Å². The summed E-state index contributed by atoms with van der Waals surface area (Å²) in [6.07, 6.45) is 6.19. The van der Waals surface area contributed by atoms with Gasteiger partial charge in [0.15, 0.2) is 0 Å². The molecule has 1 fully saturated rings. The van der Waals surface area contributed by atoms with Crippen LogP contribution in [0.4, 0.5) is 0 Å². The molecule has 1 saturated carbocycles. The van der Waals surface area contributed by atoms with Gasteiger partial charge in [0.1, 0.15) is 0 Å². The number of carbonyl (C=O) groups excluding carboxylic acids is 1. The summed E-state index contributed by atoms with van der Waals surface area (Å²) < 4.78 is 0. The Morgan fingerprint density at radius 1 is 1.16 bits per heavy atom. The maximum absolute atomic E-state index is 11.8. The van der Waals surface area contributed by atoms with E-state index in [4.69, 9.17) is 5.11 Å². The number of carboxylic acid groups (broad SMARTS) is 1. The molecule has 1 rings (SSSR count). The maximum Gasteiger partial charge on any atom is 0.309 e. The van der Waals surface area contributed by atoms with Crippen LogP contribution in [0.25, 0.3) is 0 Å². The molecule has 0 radical (unpaired) electrons. The first-order chi connectivity index (χ1) is 8.85. The molecule has 110 valence electrons. The lowest BCUT2D eigenvalue weighted by Gasteiger charge is -2.28. The molecule has 19 heavy (non-hydrogen) atoms. The normalized spacial score (nSPS) is 23.9.